The lowest BCUT2D eigenvalue weighted by molar-refractivity contribution is 0.457. The predicted octanol–water partition coefficient (Wildman–Crippen LogP) is 2.28. The van der Waals surface area contributed by atoms with Crippen LogP contribution in [0.25, 0.3) is 10.8 Å². The molecule has 0 radical (unpaired) electrons. The fraction of sp³-hybridized carbons (Fsp3) is 0. The highest BCUT2D eigenvalue weighted by atomic mass is 32.1. The molecule has 0 saturated heterocycles. The Morgan fingerprint density at radius 2 is 1.44 bits per heavy atom. The minimum absolute atomic E-state index is 0.0920. The van der Waals surface area contributed by atoms with E-state index in [1.165, 1.54) is 24.3 Å². The molecular formula is C11H9N3O3S. The zero-order valence-electron chi connectivity index (χ0n) is 9.03. The lowest BCUT2D eigenvalue weighted by atomic mass is 10.1. The number of benzene rings is 2. The minimum atomic E-state index is -0.173. The van der Waals surface area contributed by atoms with Gasteiger partial charge in [-0.15, -0.1) is 10.2 Å². The van der Waals surface area contributed by atoms with Gasteiger partial charge in [-0.2, -0.15) is 0 Å². The summed E-state index contributed by atoms with van der Waals surface area (Å²) >= 11 is 4.56. The number of phenols is 3. The third-order valence-corrected chi connectivity index (χ3v) is 2.41. The van der Waals surface area contributed by atoms with Crippen molar-refractivity contribution in [1.29, 1.82) is 0 Å². The van der Waals surface area contributed by atoms with E-state index in [4.69, 9.17) is 5.73 Å². The normalized spacial score (nSPS) is 11.1. The monoisotopic (exact) mass is 263 g/mol. The van der Waals surface area contributed by atoms with Crippen LogP contribution in [0.5, 0.6) is 17.2 Å². The summed E-state index contributed by atoms with van der Waals surface area (Å²) in [7, 11) is 0. The first kappa shape index (κ1) is 12.1. The van der Waals surface area contributed by atoms with E-state index >= 15 is 0 Å². The zero-order valence-corrected chi connectivity index (χ0v) is 9.85. The van der Waals surface area contributed by atoms with Gasteiger partial charge in [0.25, 0.3) is 0 Å². The quantitative estimate of drug-likeness (QED) is 0.358. The standard InChI is InChI=1S/C11H9N3O3S/c12-11(18)14-13-5-1-2-7(16)10-8(17)4-3-6(15)9(5)10/h1-4,15-17H,(H2,12,18). The Bertz CT molecular complexity index is 662. The van der Waals surface area contributed by atoms with Crippen LogP contribution >= 0.6 is 12.2 Å². The van der Waals surface area contributed by atoms with Crippen molar-refractivity contribution in [2.75, 3.05) is 0 Å². The van der Waals surface area contributed by atoms with Crippen LogP contribution in [0.1, 0.15) is 0 Å². The van der Waals surface area contributed by atoms with Crippen LogP contribution in [0.2, 0.25) is 0 Å². The van der Waals surface area contributed by atoms with Gasteiger partial charge in [0.2, 0.25) is 5.11 Å². The Hall–Kier alpha value is -2.41. The Morgan fingerprint density at radius 3 is 2.00 bits per heavy atom. The number of fused-ring (bicyclic) bond motifs is 1. The fourth-order valence-electron chi connectivity index (χ4n) is 1.61. The molecule has 0 amide bonds. The number of thiocarbonyl (C=S) groups is 1. The second-order valence-corrected chi connectivity index (χ2v) is 3.91. The number of phenolic OH excluding ortho intramolecular Hbond substituents is 3. The average Bonchev–Trinajstić information content (AvgIpc) is 2.32. The van der Waals surface area contributed by atoms with E-state index in [9.17, 15) is 15.3 Å². The molecule has 2 rings (SSSR count). The number of hydrogen-bond acceptors (Lipinski definition) is 5. The maximum absolute atomic E-state index is 9.78. The van der Waals surface area contributed by atoms with Crippen molar-refractivity contribution in [3.05, 3.63) is 24.3 Å². The number of hydrogen-bond donors (Lipinski definition) is 4. The van der Waals surface area contributed by atoms with Gasteiger partial charge in [0.15, 0.2) is 0 Å². The van der Waals surface area contributed by atoms with E-state index < -0.39 is 0 Å². The van der Waals surface area contributed by atoms with Crippen molar-refractivity contribution in [1.82, 2.24) is 0 Å². The molecule has 6 nitrogen and oxygen atoms in total. The fourth-order valence-corrected chi connectivity index (χ4v) is 1.65. The third-order valence-electron chi connectivity index (χ3n) is 2.33. The van der Waals surface area contributed by atoms with Gasteiger partial charge in [-0.3, -0.25) is 0 Å². The maximum Gasteiger partial charge on any atom is 0.211 e. The van der Waals surface area contributed by atoms with Crippen LogP contribution < -0.4 is 5.73 Å². The van der Waals surface area contributed by atoms with Gasteiger partial charge in [-0.1, -0.05) is 0 Å². The lowest BCUT2D eigenvalue weighted by Crippen LogP contribution is -2.01. The van der Waals surface area contributed by atoms with Gasteiger partial charge in [-0.05, 0) is 36.5 Å². The van der Waals surface area contributed by atoms with Crippen molar-refractivity contribution in [3.8, 4) is 17.2 Å². The maximum atomic E-state index is 9.78. The molecule has 5 N–H and O–H groups in total. The van der Waals surface area contributed by atoms with Gasteiger partial charge in [0.1, 0.15) is 17.2 Å². The first-order valence-electron chi connectivity index (χ1n) is 4.88. The zero-order chi connectivity index (χ0) is 13.3. The third kappa shape index (κ3) is 2.03. The Kier molecular flexibility index (Phi) is 2.99. The van der Waals surface area contributed by atoms with Crippen LogP contribution in [-0.4, -0.2) is 20.4 Å². The minimum Gasteiger partial charge on any atom is -0.507 e. The lowest BCUT2D eigenvalue weighted by Gasteiger charge is -2.07. The molecule has 2 aromatic rings. The van der Waals surface area contributed by atoms with E-state index in [2.05, 4.69) is 22.4 Å². The van der Waals surface area contributed by atoms with Crippen molar-refractivity contribution < 1.29 is 15.3 Å². The molecule has 2 aromatic carbocycles. The molecule has 0 unspecified atom stereocenters. The Labute approximate surface area is 107 Å². The van der Waals surface area contributed by atoms with Crippen molar-refractivity contribution >= 4 is 33.8 Å². The highest BCUT2D eigenvalue weighted by Crippen LogP contribution is 2.42. The van der Waals surface area contributed by atoms with Crippen LogP contribution in [0.15, 0.2) is 34.5 Å². The average molecular weight is 263 g/mol. The largest absolute Gasteiger partial charge is 0.507 e. The van der Waals surface area contributed by atoms with Gasteiger partial charge >= 0.3 is 0 Å². The van der Waals surface area contributed by atoms with Crippen LogP contribution in [0.4, 0.5) is 5.69 Å². The van der Waals surface area contributed by atoms with E-state index in [1.54, 1.807) is 0 Å². The molecule has 0 spiro atoms. The molecule has 0 heterocycles. The first-order chi connectivity index (χ1) is 8.50. The summed E-state index contributed by atoms with van der Waals surface area (Å²) in [5, 5.41) is 36.5. The van der Waals surface area contributed by atoms with Gasteiger partial charge < -0.3 is 21.1 Å². The number of nitrogens with zero attached hydrogens (tertiary/aromatic N) is 2. The summed E-state index contributed by atoms with van der Waals surface area (Å²) in [6.45, 7) is 0. The molecule has 0 aliphatic carbocycles. The topological polar surface area (TPSA) is 111 Å². The first-order valence-corrected chi connectivity index (χ1v) is 5.29. The molecule has 0 bridgehead atoms. The van der Waals surface area contributed by atoms with Crippen molar-refractivity contribution in [2.24, 2.45) is 16.0 Å². The van der Waals surface area contributed by atoms with Crippen LogP contribution in [-0.2, 0) is 0 Å². The molecule has 0 aliphatic heterocycles. The molecule has 92 valence electrons. The van der Waals surface area contributed by atoms with Crippen LogP contribution in [0.3, 0.4) is 0 Å². The van der Waals surface area contributed by atoms with Gasteiger partial charge in [0, 0.05) is 0 Å². The molecular weight excluding hydrogens is 254 g/mol. The second-order valence-electron chi connectivity index (χ2n) is 3.50. The summed E-state index contributed by atoms with van der Waals surface area (Å²) in [5.41, 5.74) is 5.43. The van der Waals surface area contributed by atoms with E-state index in [0.29, 0.717) is 0 Å². The summed E-state index contributed by atoms with van der Waals surface area (Å²) in [5.74, 6) is -0.490. The molecule has 0 atom stereocenters. The molecule has 18 heavy (non-hydrogen) atoms. The number of rotatable bonds is 1. The van der Waals surface area contributed by atoms with E-state index in [0.717, 1.165) is 0 Å². The number of aromatic hydroxyl groups is 3. The number of nitrogens with two attached hydrogens (primary N) is 1. The molecule has 0 aliphatic rings. The Balaban J connectivity index is 2.80. The van der Waals surface area contributed by atoms with Crippen LogP contribution in [0, 0.1) is 0 Å². The van der Waals surface area contributed by atoms with Crippen molar-refractivity contribution in [2.45, 2.75) is 0 Å². The smallest absolute Gasteiger partial charge is 0.211 e. The highest BCUT2D eigenvalue weighted by Gasteiger charge is 2.13. The van der Waals surface area contributed by atoms with E-state index in [1.807, 2.05) is 0 Å². The van der Waals surface area contributed by atoms with E-state index in [-0.39, 0.29) is 38.8 Å². The second kappa shape index (κ2) is 4.46. The number of azo groups is 1. The van der Waals surface area contributed by atoms with Crippen molar-refractivity contribution in [3.63, 3.8) is 0 Å². The SMILES string of the molecule is NC(=S)N=Nc1ccc(O)c2c(O)ccc(O)c12. The summed E-state index contributed by atoms with van der Waals surface area (Å²) in [4.78, 5) is 0. The molecule has 7 heteroatoms. The summed E-state index contributed by atoms with van der Waals surface area (Å²) in [6, 6.07) is 5.32. The highest BCUT2D eigenvalue weighted by molar-refractivity contribution is 7.80. The summed E-state index contributed by atoms with van der Waals surface area (Å²) < 4.78 is 0. The molecule has 0 aromatic heterocycles. The molecule has 0 saturated carbocycles. The van der Waals surface area contributed by atoms with Gasteiger partial charge in [-0.25, -0.2) is 0 Å². The molecule has 0 fully saturated rings. The van der Waals surface area contributed by atoms with Gasteiger partial charge in [0.05, 0.1) is 16.5 Å². The predicted molar refractivity (Wildman–Crippen MR) is 70.2 cm³/mol. The Morgan fingerprint density at radius 1 is 0.944 bits per heavy atom. The summed E-state index contributed by atoms with van der Waals surface area (Å²) in [6.07, 6.45) is 0.